The van der Waals surface area contributed by atoms with Crippen LogP contribution in [0.3, 0.4) is 0 Å². The summed E-state index contributed by atoms with van der Waals surface area (Å²) in [6.45, 7) is 0. The fourth-order valence-electron chi connectivity index (χ4n) is 2.58. The first-order valence-electron chi connectivity index (χ1n) is 7.54. The van der Waals surface area contributed by atoms with Gasteiger partial charge >= 0.3 is 0 Å². The average Bonchev–Trinajstić information content (AvgIpc) is 2.66. The number of aromatic nitrogens is 2. The summed E-state index contributed by atoms with van der Waals surface area (Å²) in [5.41, 5.74) is 1.73. The van der Waals surface area contributed by atoms with Crippen molar-refractivity contribution in [1.82, 2.24) is 9.97 Å². The molecule has 0 fully saturated rings. The van der Waals surface area contributed by atoms with Gasteiger partial charge in [0.2, 0.25) is 11.5 Å². The van der Waals surface area contributed by atoms with E-state index in [1.54, 1.807) is 18.1 Å². The Kier molecular flexibility index (Phi) is 4.56. The van der Waals surface area contributed by atoms with Gasteiger partial charge in [-0.25, -0.2) is 9.37 Å². The van der Waals surface area contributed by atoms with Crippen LogP contribution >= 0.6 is 0 Å². The first-order chi connectivity index (χ1) is 12.1. The molecule has 0 radical (unpaired) electrons. The van der Waals surface area contributed by atoms with Crippen molar-refractivity contribution < 1.29 is 18.6 Å². The highest BCUT2D eigenvalue weighted by molar-refractivity contribution is 5.77. The molecule has 0 aliphatic rings. The highest BCUT2D eigenvalue weighted by Crippen LogP contribution is 2.44. The molecular formula is C18H18FN3O3. The number of para-hydroxylation sites is 2. The van der Waals surface area contributed by atoms with Gasteiger partial charge in [0.1, 0.15) is 0 Å². The van der Waals surface area contributed by atoms with Crippen molar-refractivity contribution in [3.05, 3.63) is 42.3 Å². The minimum Gasteiger partial charge on any atom is -0.493 e. The maximum atomic E-state index is 14.9. The zero-order valence-corrected chi connectivity index (χ0v) is 14.4. The zero-order valence-electron chi connectivity index (χ0n) is 14.4. The van der Waals surface area contributed by atoms with Gasteiger partial charge in [0.25, 0.3) is 0 Å². The van der Waals surface area contributed by atoms with Crippen LogP contribution in [0, 0.1) is 5.82 Å². The minimum atomic E-state index is -0.572. The number of methoxy groups -OCH3 is 3. The van der Waals surface area contributed by atoms with Gasteiger partial charge in [-0.1, -0.05) is 12.1 Å². The topological polar surface area (TPSA) is 56.7 Å². The molecule has 7 heteroatoms. The molecule has 3 aromatic rings. The minimum absolute atomic E-state index is 0.0301. The summed E-state index contributed by atoms with van der Waals surface area (Å²) in [5.74, 6) is 0.447. The number of ether oxygens (including phenoxy) is 3. The summed E-state index contributed by atoms with van der Waals surface area (Å²) in [6, 6.07) is 9.02. The Balaban J connectivity index is 2.13. The van der Waals surface area contributed by atoms with E-state index in [9.17, 15) is 4.39 Å². The predicted octanol–water partition coefficient (Wildman–Crippen LogP) is 3.56. The monoisotopic (exact) mass is 343 g/mol. The second-order valence-corrected chi connectivity index (χ2v) is 5.25. The number of hydrogen-bond acceptors (Lipinski definition) is 6. The van der Waals surface area contributed by atoms with Crippen molar-refractivity contribution in [2.45, 2.75) is 0 Å². The molecule has 25 heavy (non-hydrogen) atoms. The number of halogens is 1. The second kappa shape index (κ2) is 6.80. The number of nitrogens with zero attached hydrogens (tertiary/aromatic N) is 3. The SMILES string of the molecule is COc1cc(N(C)c2cnc3ccccc3n2)c(F)c(OC)c1OC. The van der Waals surface area contributed by atoms with E-state index in [2.05, 4.69) is 9.97 Å². The summed E-state index contributed by atoms with van der Waals surface area (Å²) >= 11 is 0. The van der Waals surface area contributed by atoms with Crippen LogP contribution in [0.5, 0.6) is 17.2 Å². The molecule has 6 nitrogen and oxygen atoms in total. The van der Waals surface area contributed by atoms with Crippen molar-refractivity contribution in [3.8, 4) is 17.2 Å². The molecule has 130 valence electrons. The lowest BCUT2D eigenvalue weighted by atomic mass is 10.2. The van der Waals surface area contributed by atoms with E-state index < -0.39 is 5.82 Å². The summed E-state index contributed by atoms with van der Waals surface area (Å²) in [7, 11) is 5.98. The number of hydrogen-bond donors (Lipinski definition) is 0. The summed E-state index contributed by atoms with van der Waals surface area (Å²) in [6.07, 6.45) is 1.59. The molecule has 0 saturated carbocycles. The number of benzene rings is 2. The van der Waals surface area contributed by atoms with Crippen LogP contribution in [0.15, 0.2) is 36.5 Å². The molecule has 0 aliphatic carbocycles. The lowest BCUT2D eigenvalue weighted by Gasteiger charge is -2.22. The largest absolute Gasteiger partial charge is 0.493 e. The maximum absolute atomic E-state index is 14.9. The molecule has 0 bridgehead atoms. The number of anilines is 2. The Hall–Kier alpha value is -3.09. The molecule has 1 heterocycles. The third kappa shape index (κ3) is 2.88. The van der Waals surface area contributed by atoms with Gasteiger partial charge in [0.15, 0.2) is 17.4 Å². The van der Waals surface area contributed by atoms with E-state index in [-0.39, 0.29) is 17.2 Å². The van der Waals surface area contributed by atoms with Crippen LogP contribution in [-0.2, 0) is 0 Å². The van der Waals surface area contributed by atoms with Gasteiger partial charge in [0, 0.05) is 13.1 Å². The van der Waals surface area contributed by atoms with Crippen LogP contribution in [0.25, 0.3) is 11.0 Å². The van der Waals surface area contributed by atoms with E-state index in [1.165, 1.54) is 27.4 Å². The molecule has 2 aromatic carbocycles. The van der Waals surface area contributed by atoms with E-state index in [4.69, 9.17) is 14.2 Å². The van der Waals surface area contributed by atoms with Crippen molar-refractivity contribution in [2.75, 3.05) is 33.3 Å². The third-order valence-corrected chi connectivity index (χ3v) is 3.89. The van der Waals surface area contributed by atoms with Gasteiger partial charge < -0.3 is 19.1 Å². The van der Waals surface area contributed by atoms with Gasteiger partial charge in [0.05, 0.1) is 44.2 Å². The van der Waals surface area contributed by atoms with Crippen LogP contribution in [-0.4, -0.2) is 38.3 Å². The van der Waals surface area contributed by atoms with Gasteiger partial charge in [-0.05, 0) is 12.1 Å². The van der Waals surface area contributed by atoms with Crippen LogP contribution < -0.4 is 19.1 Å². The third-order valence-electron chi connectivity index (χ3n) is 3.89. The number of rotatable bonds is 5. The molecule has 0 saturated heterocycles. The van der Waals surface area contributed by atoms with Crippen LogP contribution in [0.1, 0.15) is 0 Å². The van der Waals surface area contributed by atoms with Crippen molar-refractivity contribution in [2.24, 2.45) is 0 Å². The molecule has 0 aliphatic heterocycles. The Labute approximate surface area is 144 Å². The van der Waals surface area contributed by atoms with Gasteiger partial charge in [-0.3, -0.25) is 4.98 Å². The first kappa shape index (κ1) is 16.8. The Morgan fingerprint density at radius 2 is 1.64 bits per heavy atom. The summed E-state index contributed by atoms with van der Waals surface area (Å²) < 4.78 is 30.6. The average molecular weight is 343 g/mol. The molecule has 1 aromatic heterocycles. The van der Waals surface area contributed by atoms with E-state index in [0.29, 0.717) is 11.6 Å². The first-order valence-corrected chi connectivity index (χ1v) is 7.54. The van der Waals surface area contributed by atoms with Crippen molar-refractivity contribution >= 4 is 22.5 Å². The predicted molar refractivity (Wildman–Crippen MR) is 93.7 cm³/mol. The maximum Gasteiger partial charge on any atom is 0.206 e. The lowest BCUT2D eigenvalue weighted by molar-refractivity contribution is 0.313. The second-order valence-electron chi connectivity index (χ2n) is 5.25. The molecule has 0 amide bonds. The molecule has 0 atom stereocenters. The Morgan fingerprint density at radius 1 is 0.960 bits per heavy atom. The zero-order chi connectivity index (χ0) is 18.0. The quantitative estimate of drug-likeness (QED) is 0.706. The molecule has 0 N–H and O–H groups in total. The normalized spacial score (nSPS) is 10.6. The molecule has 3 rings (SSSR count). The summed E-state index contributed by atoms with van der Waals surface area (Å²) in [5, 5.41) is 0. The molecular weight excluding hydrogens is 325 g/mol. The molecule has 0 spiro atoms. The molecule has 0 unspecified atom stereocenters. The van der Waals surface area contributed by atoms with Crippen LogP contribution in [0.4, 0.5) is 15.9 Å². The van der Waals surface area contributed by atoms with E-state index in [1.807, 2.05) is 24.3 Å². The van der Waals surface area contributed by atoms with Crippen LogP contribution in [0.2, 0.25) is 0 Å². The van der Waals surface area contributed by atoms with Gasteiger partial charge in [-0.15, -0.1) is 0 Å². The smallest absolute Gasteiger partial charge is 0.206 e. The highest BCUT2D eigenvalue weighted by Gasteiger charge is 2.24. The Morgan fingerprint density at radius 3 is 2.28 bits per heavy atom. The van der Waals surface area contributed by atoms with E-state index in [0.717, 1.165) is 11.0 Å². The fraction of sp³-hybridized carbons (Fsp3) is 0.222. The fourth-order valence-corrected chi connectivity index (χ4v) is 2.58. The van der Waals surface area contributed by atoms with Crippen molar-refractivity contribution in [1.29, 1.82) is 0 Å². The lowest BCUT2D eigenvalue weighted by Crippen LogP contribution is -2.14. The van der Waals surface area contributed by atoms with Gasteiger partial charge in [-0.2, -0.15) is 0 Å². The number of fused-ring (bicyclic) bond motifs is 1. The highest BCUT2D eigenvalue weighted by atomic mass is 19.1. The van der Waals surface area contributed by atoms with Crippen molar-refractivity contribution in [3.63, 3.8) is 0 Å². The Bertz CT molecular complexity index is 917. The summed E-state index contributed by atoms with van der Waals surface area (Å²) in [4.78, 5) is 10.5. The van der Waals surface area contributed by atoms with E-state index >= 15 is 0 Å². The standard InChI is InChI=1S/C18H18FN3O3/c1-22(15-10-20-11-7-5-6-8-12(11)21-15)13-9-14(23-2)17(24-3)18(25-4)16(13)19/h5-10H,1-4H3.